The zero-order chi connectivity index (χ0) is 14.9. The van der Waals surface area contributed by atoms with Crippen LogP contribution in [0.25, 0.3) is 0 Å². The number of nitrogens with two attached hydrogens (primary N) is 1. The molecular weight excluding hydrogens is 268 g/mol. The van der Waals surface area contributed by atoms with E-state index in [9.17, 15) is 4.79 Å². The molecule has 21 heavy (non-hydrogen) atoms. The first-order chi connectivity index (χ1) is 10.3. The average molecular weight is 298 g/mol. The lowest BCUT2D eigenvalue weighted by Crippen LogP contribution is -2.45. The van der Waals surface area contributed by atoms with Gasteiger partial charge in [0.25, 0.3) is 0 Å². The van der Waals surface area contributed by atoms with Crippen molar-refractivity contribution in [2.45, 2.75) is 31.7 Å². The predicted molar refractivity (Wildman–Crippen MR) is 83.2 cm³/mol. The first-order valence-electron chi connectivity index (χ1n) is 8.30. The van der Waals surface area contributed by atoms with Crippen LogP contribution in [0.1, 0.15) is 25.7 Å². The van der Waals surface area contributed by atoms with Crippen LogP contribution < -0.4 is 11.1 Å². The van der Waals surface area contributed by atoms with Gasteiger partial charge in [-0.1, -0.05) is 0 Å². The van der Waals surface area contributed by atoms with Gasteiger partial charge in [0.1, 0.15) is 0 Å². The predicted octanol–water partition coefficient (Wildman–Crippen LogP) is -0.362. The van der Waals surface area contributed by atoms with Crippen LogP contribution in [0.15, 0.2) is 0 Å². The van der Waals surface area contributed by atoms with Crippen LogP contribution in [0.4, 0.5) is 0 Å². The van der Waals surface area contributed by atoms with Gasteiger partial charge < -0.3 is 20.7 Å². The highest BCUT2D eigenvalue weighted by Crippen LogP contribution is 2.07. The maximum absolute atomic E-state index is 12.1. The molecule has 1 amide bonds. The monoisotopic (exact) mass is 298 g/mol. The molecule has 0 atom stereocenters. The molecule has 2 aliphatic heterocycles. The molecule has 0 unspecified atom stereocenters. The highest BCUT2D eigenvalue weighted by molar-refractivity contribution is 5.78. The number of ether oxygens (including phenoxy) is 1. The Labute approximate surface area is 128 Å². The number of hydrogen-bond acceptors (Lipinski definition) is 5. The minimum Gasteiger partial charge on any atom is -0.381 e. The third kappa shape index (κ3) is 6.30. The SMILES string of the molecule is NCCCN1CCCN(CC(=O)NC2CCOCC2)CC1. The molecule has 2 aliphatic rings. The zero-order valence-corrected chi connectivity index (χ0v) is 13.1. The summed E-state index contributed by atoms with van der Waals surface area (Å²) in [5.41, 5.74) is 5.57. The molecule has 2 rings (SSSR count). The van der Waals surface area contributed by atoms with Gasteiger partial charge in [0.05, 0.1) is 6.54 Å². The fourth-order valence-electron chi connectivity index (χ4n) is 3.04. The minimum absolute atomic E-state index is 0.164. The van der Waals surface area contributed by atoms with Gasteiger partial charge in [0, 0.05) is 32.3 Å². The summed E-state index contributed by atoms with van der Waals surface area (Å²) in [5, 5.41) is 3.14. The summed E-state index contributed by atoms with van der Waals surface area (Å²) in [6.45, 7) is 8.07. The lowest BCUT2D eigenvalue weighted by atomic mass is 10.1. The number of carbonyl (C=O) groups excluding carboxylic acids is 1. The minimum atomic E-state index is 0.164. The molecule has 3 N–H and O–H groups in total. The maximum Gasteiger partial charge on any atom is 0.234 e. The summed E-state index contributed by atoms with van der Waals surface area (Å²) >= 11 is 0. The molecule has 0 bridgehead atoms. The lowest BCUT2D eigenvalue weighted by Gasteiger charge is -2.25. The van der Waals surface area contributed by atoms with Crippen molar-refractivity contribution < 1.29 is 9.53 Å². The highest BCUT2D eigenvalue weighted by Gasteiger charge is 2.19. The van der Waals surface area contributed by atoms with Crippen molar-refractivity contribution in [2.75, 3.05) is 59.0 Å². The summed E-state index contributed by atoms with van der Waals surface area (Å²) in [6.07, 6.45) is 4.08. The molecule has 2 heterocycles. The van der Waals surface area contributed by atoms with E-state index in [0.717, 1.165) is 78.2 Å². The van der Waals surface area contributed by atoms with Gasteiger partial charge >= 0.3 is 0 Å². The number of nitrogens with zero attached hydrogens (tertiary/aromatic N) is 2. The van der Waals surface area contributed by atoms with Crippen LogP contribution in [-0.2, 0) is 9.53 Å². The molecule has 0 aromatic carbocycles. The first kappa shape index (κ1) is 16.7. The van der Waals surface area contributed by atoms with E-state index in [1.54, 1.807) is 0 Å². The summed E-state index contributed by atoms with van der Waals surface area (Å²) < 4.78 is 5.32. The van der Waals surface area contributed by atoms with Gasteiger partial charge in [-0.3, -0.25) is 9.69 Å². The Morgan fingerprint density at radius 3 is 2.62 bits per heavy atom. The second-order valence-electron chi connectivity index (χ2n) is 6.07. The highest BCUT2D eigenvalue weighted by atomic mass is 16.5. The zero-order valence-electron chi connectivity index (χ0n) is 13.1. The van der Waals surface area contributed by atoms with E-state index in [1.807, 2.05) is 0 Å². The van der Waals surface area contributed by atoms with Crippen molar-refractivity contribution in [3.63, 3.8) is 0 Å². The number of carbonyl (C=O) groups is 1. The molecule has 0 aromatic rings. The van der Waals surface area contributed by atoms with Crippen molar-refractivity contribution in [3.8, 4) is 0 Å². The number of rotatable bonds is 6. The molecule has 2 fully saturated rings. The van der Waals surface area contributed by atoms with Crippen molar-refractivity contribution in [2.24, 2.45) is 5.73 Å². The molecule has 2 saturated heterocycles. The molecule has 0 spiro atoms. The molecular formula is C15H30N4O2. The quantitative estimate of drug-likeness (QED) is 0.701. The van der Waals surface area contributed by atoms with Crippen LogP contribution >= 0.6 is 0 Å². The van der Waals surface area contributed by atoms with Crippen LogP contribution in [0.5, 0.6) is 0 Å². The van der Waals surface area contributed by atoms with E-state index in [2.05, 4.69) is 15.1 Å². The van der Waals surface area contributed by atoms with Crippen molar-refractivity contribution >= 4 is 5.91 Å². The van der Waals surface area contributed by atoms with Crippen molar-refractivity contribution in [1.29, 1.82) is 0 Å². The topological polar surface area (TPSA) is 70.8 Å². The van der Waals surface area contributed by atoms with Gasteiger partial charge in [-0.15, -0.1) is 0 Å². The van der Waals surface area contributed by atoms with Crippen LogP contribution in [0, 0.1) is 0 Å². The normalized spacial score (nSPS) is 22.9. The number of hydrogen-bond donors (Lipinski definition) is 2. The average Bonchev–Trinajstić information content (AvgIpc) is 2.71. The molecule has 122 valence electrons. The largest absolute Gasteiger partial charge is 0.381 e. The van der Waals surface area contributed by atoms with E-state index in [-0.39, 0.29) is 5.91 Å². The summed E-state index contributed by atoms with van der Waals surface area (Å²) in [5.74, 6) is 0.164. The van der Waals surface area contributed by atoms with Gasteiger partial charge in [-0.25, -0.2) is 0 Å². The Hall–Kier alpha value is -0.690. The van der Waals surface area contributed by atoms with Gasteiger partial charge in [-0.2, -0.15) is 0 Å². The summed E-state index contributed by atoms with van der Waals surface area (Å²) in [4.78, 5) is 16.9. The molecule has 0 aliphatic carbocycles. The Morgan fingerprint density at radius 2 is 1.86 bits per heavy atom. The van der Waals surface area contributed by atoms with Gasteiger partial charge in [-0.05, 0) is 51.9 Å². The van der Waals surface area contributed by atoms with E-state index in [0.29, 0.717) is 12.6 Å². The van der Waals surface area contributed by atoms with E-state index in [4.69, 9.17) is 10.5 Å². The molecule has 0 aromatic heterocycles. The third-order valence-electron chi connectivity index (χ3n) is 4.31. The van der Waals surface area contributed by atoms with E-state index in [1.165, 1.54) is 0 Å². The lowest BCUT2D eigenvalue weighted by molar-refractivity contribution is -0.123. The molecule has 6 nitrogen and oxygen atoms in total. The van der Waals surface area contributed by atoms with Crippen LogP contribution in [0.3, 0.4) is 0 Å². The number of nitrogens with one attached hydrogen (secondary N) is 1. The van der Waals surface area contributed by atoms with Crippen molar-refractivity contribution in [3.05, 3.63) is 0 Å². The molecule has 6 heteroatoms. The van der Waals surface area contributed by atoms with Crippen LogP contribution in [0.2, 0.25) is 0 Å². The number of amides is 1. The van der Waals surface area contributed by atoms with E-state index < -0.39 is 0 Å². The van der Waals surface area contributed by atoms with Gasteiger partial charge in [0.15, 0.2) is 0 Å². The molecule has 0 radical (unpaired) electrons. The smallest absolute Gasteiger partial charge is 0.234 e. The third-order valence-corrected chi connectivity index (χ3v) is 4.31. The Morgan fingerprint density at radius 1 is 1.14 bits per heavy atom. The fourth-order valence-corrected chi connectivity index (χ4v) is 3.04. The first-order valence-corrected chi connectivity index (χ1v) is 8.30. The second kappa shape index (κ2) is 9.35. The molecule has 0 saturated carbocycles. The fraction of sp³-hybridized carbons (Fsp3) is 0.933. The maximum atomic E-state index is 12.1. The Kier molecular flexibility index (Phi) is 7.43. The summed E-state index contributed by atoms with van der Waals surface area (Å²) in [6, 6.07) is 0.305. The second-order valence-corrected chi connectivity index (χ2v) is 6.07. The van der Waals surface area contributed by atoms with Crippen molar-refractivity contribution in [1.82, 2.24) is 15.1 Å². The van der Waals surface area contributed by atoms with Gasteiger partial charge in [0.2, 0.25) is 5.91 Å². The van der Waals surface area contributed by atoms with E-state index >= 15 is 0 Å². The van der Waals surface area contributed by atoms with Crippen LogP contribution in [-0.4, -0.2) is 80.8 Å². The Bertz CT molecular complexity index is 308. The summed E-state index contributed by atoms with van der Waals surface area (Å²) in [7, 11) is 0. The standard InChI is InChI=1S/C15H30N4O2/c16-5-1-6-18-7-2-8-19(10-9-18)13-15(20)17-14-3-11-21-12-4-14/h14H,1-13,16H2,(H,17,20). The Balaban J connectivity index is 1.66.